The first-order valence-electron chi connectivity index (χ1n) is 9.61. The van der Waals surface area contributed by atoms with Crippen molar-refractivity contribution in [2.75, 3.05) is 13.1 Å². The van der Waals surface area contributed by atoms with Crippen molar-refractivity contribution in [3.05, 3.63) is 59.7 Å². The summed E-state index contributed by atoms with van der Waals surface area (Å²) >= 11 is 0. The number of aromatic nitrogens is 2. The van der Waals surface area contributed by atoms with Crippen LogP contribution in [0.2, 0.25) is 0 Å². The third-order valence-electron chi connectivity index (χ3n) is 5.79. The second-order valence-corrected chi connectivity index (χ2v) is 7.82. The smallest absolute Gasteiger partial charge is 0.228 e. The first kappa shape index (κ1) is 18.1. The van der Waals surface area contributed by atoms with E-state index in [1.165, 1.54) is 0 Å². The molecule has 0 bridgehead atoms. The number of benzene rings is 1. The number of carbonyl (C=O) groups excluding carboxylic acids is 1. The summed E-state index contributed by atoms with van der Waals surface area (Å²) in [5.74, 6) is 0.820. The lowest BCUT2D eigenvalue weighted by molar-refractivity contribution is -0.145. The number of aliphatic hydroxyl groups is 1. The van der Waals surface area contributed by atoms with Crippen LogP contribution >= 0.6 is 0 Å². The number of nitrogens with one attached hydrogen (secondary N) is 1. The molecule has 1 spiro atoms. The fourth-order valence-electron chi connectivity index (χ4n) is 4.50. The predicted molar refractivity (Wildman–Crippen MR) is 102 cm³/mol. The summed E-state index contributed by atoms with van der Waals surface area (Å²) in [4.78, 5) is 24.0. The van der Waals surface area contributed by atoms with Crippen molar-refractivity contribution in [2.24, 2.45) is 5.41 Å². The number of aryl methyl sites for hydroxylation is 1. The lowest BCUT2D eigenvalue weighted by Gasteiger charge is -2.47. The van der Waals surface area contributed by atoms with Gasteiger partial charge >= 0.3 is 0 Å². The Balaban J connectivity index is 1.49. The molecule has 4 rings (SSSR count). The van der Waals surface area contributed by atoms with Gasteiger partial charge in [-0.05, 0) is 44.4 Å². The fourth-order valence-corrected chi connectivity index (χ4v) is 4.50. The van der Waals surface area contributed by atoms with E-state index in [2.05, 4.69) is 20.2 Å². The van der Waals surface area contributed by atoms with E-state index < -0.39 is 11.5 Å². The predicted octanol–water partition coefficient (Wildman–Crippen LogP) is 1.99. The number of nitrogens with zero attached hydrogens (tertiary/aromatic N) is 3. The van der Waals surface area contributed by atoms with Gasteiger partial charge < -0.3 is 10.4 Å². The van der Waals surface area contributed by atoms with Crippen molar-refractivity contribution >= 4 is 5.91 Å². The van der Waals surface area contributed by atoms with Crippen LogP contribution in [-0.4, -0.2) is 45.1 Å². The van der Waals surface area contributed by atoms with Crippen LogP contribution in [0.25, 0.3) is 0 Å². The largest absolute Gasteiger partial charge is 0.391 e. The normalized spacial score (nSPS) is 28.9. The fraction of sp³-hybridized carbons (Fsp3) is 0.476. The number of rotatable bonds is 3. The highest BCUT2D eigenvalue weighted by atomic mass is 16.3. The zero-order chi connectivity index (χ0) is 18.9. The molecule has 2 saturated heterocycles. The molecule has 2 aromatic rings. The first-order chi connectivity index (χ1) is 13.1. The van der Waals surface area contributed by atoms with E-state index in [-0.39, 0.29) is 11.9 Å². The Kier molecular flexibility index (Phi) is 4.93. The molecule has 0 unspecified atom stereocenters. The van der Waals surface area contributed by atoms with E-state index in [9.17, 15) is 9.90 Å². The van der Waals surface area contributed by atoms with Crippen LogP contribution in [0.4, 0.5) is 0 Å². The van der Waals surface area contributed by atoms with Gasteiger partial charge in [0.15, 0.2) is 0 Å². The third-order valence-corrected chi connectivity index (χ3v) is 5.79. The number of aliphatic hydroxyl groups excluding tert-OH is 1. The highest BCUT2D eigenvalue weighted by Gasteiger charge is 2.49. The van der Waals surface area contributed by atoms with E-state index in [0.29, 0.717) is 19.5 Å². The highest BCUT2D eigenvalue weighted by molar-refractivity contribution is 5.84. The highest BCUT2D eigenvalue weighted by Crippen LogP contribution is 2.41. The van der Waals surface area contributed by atoms with Crippen molar-refractivity contribution in [2.45, 2.75) is 44.9 Å². The number of likely N-dealkylation sites (tertiary alicyclic amines) is 1. The van der Waals surface area contributed by atoms with Gasteiger partial charge in [-0.15, -0.1) is 0 Å². The summed E-state index contributed by atoms with van der Waals surface area (Å²) in [6.45, 7) is 4.18. The van der Waals surface area contributed by atoms with Gasteiger partial charge in [-0.2, -0.15) is 0 Å². The Morgan fingerprint density at radius 3 is 2.89 bits per heavy atom. The monoisotopic (exact) mass is 366 g/mol. The summed E-state index contributed by atoms with van der Waals surface area (Å²) in [5, 5.41) is 13.9. The standard InChI is InChI=1S/C21H26N4O2/c1-15-22-10-8-17(23-15)13-25-11-5-9-21(14-25)12-18(26)19(24-20(21)27)16-6-3-2-4-7-16/h2-4,6-8,10,18-19,26H,5,9,11-14H2,1H3,(H,24,27)/t18-,19+,21-/m1/s1. The zero-order valence-corrected chi connectivity index (χ0v) is 15.6. The van der Waals surface area contributed by atoms with Crippen molar-refractivity contribution < 1.29 is 9.90 Å². The number of hydrogen-bond acceptors (Lipinski definition) is 5. The maximum Gasteiger partial charge on any atom is 0.228 e. The SMILES string of the molecule is Cc1nccc(CN2CCC[C@@]3(C[C@@H](O)[C@H](c4ccccc4)NC3=O)C2)n1. The van der Waals surface area contributed by atoms with E-state index >= 15 is 0 Å². The molecule has 1 aromatic carbocycles. The lowest BCUT2D eigenvalue weighted by Crippen LogP contribution is -2.59. The average Bonchev–Trinajstić information content (AvgIpc) is 2.66. The van der Waals surface area contributed by atoms with Gasteiger partial charge in [-0.25, -0.2) is 9.97 Å². The van der Waals surface area contributed by atoms with E-state index in [1.807, 2.05) is 43.3 Å². The minimum atomic E-state index is -0.577. The van der Waals surface area contributed by atoms with E-state index in [0.717, 1.165) is 36.5 Å². The van der Waals surface area contributed by atoms with Gasteiger partial charge in [-0.3, -0.25) is 9.69 Å². The van der Waals surface area contributed by atoms with Crippen molar-refractivity contribution in [3.63, 3.8) is 0 Å². The lowest BCUT2D eigenvalue weighted by atomic mass is 9.70. The molecular weight excluding hydrogens is 340 g/mol. The van der Waals surface area contributed by atoms with Crippen LogP contribution in [0.3, 0.4) is 0 Å². The maximum absolute atomic E-state index is 13.1. The van der Waals surface area contributed by atoms with Gasteiger partial charge in [0.25, 0.3) is 0 Å². The van der Waals surface area contributed by atoms with Crippen molar-refractivity contribution in [3.8, 4) is 0 Å². The molecule has 2 aliphatic rings. The van der Waals surface area contributed by atoms with E-state index in [1.54, 1.807) is 6.20 Å². The molecule has 2 aliphatic heterocycles. The van der Waals surface area contributed by atoms with E-state index in [4.69, 9.17) is 0 Å². The van der Waals surface area contributed by atoms with Crippen LogP contribution in [0.5, 0.6) is 0 Å². The van der Waals surface area contributed by atoms with Gasteiger partial charge in [0.2, 0.25) is 5.91 Å². The quantitative estimate of drug-likeness (QED) is 0.869. The molecular formula is C21H26N4O2. The molecule has 0 aliphatic carbocycles. The molecule has 142 valence electrons. The molecule has 6 nitrogen and oxygen atoms in total. The molecule has 1 amide bonds. The molecule has 2 N–H and O–H groups in total. The second-order valence-electron chi connectivity index (χ2n) is 7.82. The number of hydrogen-bond donors (Lipinski definition) is 2. The Hall–Kier alpha value is -2.31. The Bertz CT molecular complexity index is 813. The zero-order valence-electron chi connectivity index (χ0n) is 15.6. The Morgan fingerprint density at radius 1 is 1.30 bits per heavy atom. The molecule has 3 atom stereocenters. The number of carbonyl (C=O) groups is 1. The summed E-state index contributed by atoms with van der Waals surface area (Å²) in [6, 6.07) is 11.3. The second kappa shape index (κ2) is 7.37. The van der Waals surface area contributed by atoms with Crippen molar-refractivity contribution in [1.29, 1.82) is 0 Å². The molecule has 6 heteroatoms. The molecule has 2 fully saturated rings. The first-order valence-corrected chi connectivity index (χ1v) is 9.61. The number of piperidine rings is 2. The van der Waals surface area contributed by atoms with Gasteiger partial charge in [-0.1, -0.05) is 30.3 Å². The maximum atomic E-state index is 13.1. The van der Waals surface area contributed by atoms with Crippen molar-refractivity contribution in [1.82, 2.24) is 20.2 Å². The molecule has 27 heavy (non-hydrogen) atoms. The number of amides is 1. The Labute approximate surface area is 159 Å². The van der Waals surface area contributed by atoms with Crippen LogP contribution in [-0.2, 0) is 11.3 Å². The minimum absolute atomic E-state index is 0.0604. The topological polar surface area (TPSA) is 78.4 Å². The summed E-state index contributed by atoms with van der Waals surface area (Å²) < 4.78 is 0. The molecule has 3 heterocycles. The average molecular weight is 366 g/mol. The summed E-state index contributed by atoms with van der Waals surface area (Å²) in [5.41, 5.74) is 1.40. The molecule has 1 aromatic heterocycles. The third kappa shape index (κ3) is 3.73. The van der Waals surface area contributed by atoms with Gasteiger partial charge in [0.1, 0.15) is 5.82 Å². The van der Waals surface area contributed by atoms with Crippen LogP contribution in [0.1, 0.15) is 42.4 Å². The van der Waals surface area contributed by atoms with Gasteiger partial charge in [0, 0.05) is 19.3 Å². The summed E-state index contributed by atoms with van der Waals surface area (Å²) in [7, 11) is 0. The Morgan fingerprint density at radius 2 is 2.11 bits per heavy atom. The van der Waals surface area contributed by atoms with Crippen LogP contribution in [0, 0.1) is 12.3 Å². The summed E-state index contributed by atoms with van der Waals surface area (Å²) in [6.07, 6.45) is 3.46. The van der Waals surface area contributed by atoms with Gasteiger partial charge in [0.05, 0.1) is 23.3 Å². The minimum Gasteiger partial charge on any atom is -0.391 e. The van der Waals surface area contributed by atoms with Crippen LogP contribution in [0.15, 0.2) is 42.6 Å². The van der Waals surface area contributed by atoms with Crippen LogP contribution < -0.4 is 5.32 Å². The molecule has 0 saturated carbocycles. The molecule has 0 radical (unpaired) electrons.